The highest BCUT2D eigenvalue weighted by atomic mass is 15.1. The van der Waals surface area contributed by atoms with Crippen LogP contribution in [0.3, 0.4) is 0 Å². The normalized spacial score (nSPS) is 18.1. The van der Waals surface area contributed by atoms with E-state index in [0.717, 1.165) is 12.5 Å². The fourth-order valence-corrected chi connectivity index (χ4v) is 2.61. The average molecular weight is 232 g/mol. The Balaban J connectivity index is 2.00. The molecule has 0 heterocycles. The molecule has 1 aromatic rings. The topological polar surface area (TPSA) is 15.3 Å². The van der Waals surface area contributed by atoms with Crippen LogP contribution in [0, 0.1) is 5.92 Å². The Morgan fingerprint density at radius 3 is 2.53 bits per heavy atom. The molecule has 1 aromatic carbocycles. The smallest absolute Gasteiger partial charge is 0.0469 e. The number of nitrogens with zero attached hydrogens (tertiary/aromatic N) is 1. The first-order valence-corrected chi connectivity index (χ1v) is 6.71. The van der Waals surface area contributed by atoms with Gasteiger partial charge in [-0.1, -0.05) is 36.8 Å². The first kappa shape index (κ1) is 12.6. The van der Waals surface area contributed by atoms with Gasteiger partial charge in [-0.2, -0.15) is 0 Å². The summed E-state index contributed by atoms with van der Waals surface area (Å²) in [6.07, 6.45) is 4.28. The highest BCUT2D eigenvalue weighted by Gasteiger charge is 2.23. The van der Waals surface area contributed by atoms with E-state index in [1.54, 1.807) is 0 Å². The van der Waals surface area contributed by atoms with E-state index in [4.69, 9.17) is 0 Å². The summed E-state index contributed by atoms with van der Waals surface area (Å²) in [4.78, 5) is 2.51. The van der Waals surface area contributed by atoms with Crippen LogP contribution in [0.15, 0.2) is 30.3 Å². The molecule has 2 nitrogen and oxygen atoms in total. The van der Waals surface area contributed by atoms with Gasteiger partial charge >= 0.3 is 0 Å². The molecule has 1 atom stereocenters. The maximum atomic E-state index is 3.31. The van der Waals surface area contributed by atoms with Crippen LogP contribution >= 0.6 is 0 Å². The highest BCUT2D eigenvalue weighted by Crippen LogP contribution is 2.29. The Hall–Kier alpha value is -0.860. The van der Waals surface area contributed by atoms with E-state index in [0.29, 0.717) is 6.04 Å². The van der Waals surface area contributed by atoms with Crippen molar-refractivity contribution in [2.24, 2.45) is 5.92 Å². The van der Waals surface area contributed by atoms with Gasteiger partial charge in [-0.05, 0) is 38.4 Å². The molecule has 1 N–H and O–H groups in total. The maximum absolute atomic E-state index is 3.31. The molecule has 1 saturated carbocycles. The first-order chi connectivity index (χ1) is 8.31. The number of rotatable bonds is 6. The van der Waals surface area contributed by atoms with Crippen LogP contribution in [0.1, 0.15) is 30.9 Å². The zero-order chi connectivity index (χ0) is 12.1. The summed E-state index contributed by atoms with van der Waals surface area (Å²) < 4.78 is 0. The van der Waals surface area contributed by atoms with Crippen molar-refractivity contribution in [3.63, 3.8) is 0 Å². The fraction of sp³-hybridized carbons (Fsp3) is 0.600. The number of hydrogen-bond acceptors (Lipinski definition) is 2. The van der Waals surface area contributed by atoms with Gasteiger partial charge in [0, 0.05) is 19.1 Å². The largest absolute Gasteiger partial charge is 0.318 e. The molecule has 0 bridgehead atoms. The molecular weight excluding hydrogens is 208 g/mol. The Bertz CT molecular complexity index is 319. The molecule has 1 aliphatic carbocycles. The van der Waals surface area contributed by atoms with Crippen molar-refractivity contribution in [2.45, 2.75) is 25.3 Å². The molecule has 0 aromatic heterocycles. The summed E-state index contributed by atoms with van der Waals surface area (Å²) in [6, 6.07) is 11.3. The van der Waals surface area contributed by atoms with E-state index >= 15 is 0 Å². The number of likely N-dealkylation sites (N-methyl/N-ethyl adjacent to an activating group) is 2. The lowest BCUT2D eigenvalue weighted by molar-refractivity contribution is 0.161. The summed E-state index contributed by atoms with van der Waals surface area (Å²) in [5, 5.41) is 3.31. The van der Waals surface area contributed by atoms with Crippen LogP contribution in [0.5, 0.6) is 0 Å². The summed E-state index contributed by atoms with van der Waals surface area (Å²) in [5.41, 5.74) is 1.42. The Kier molecular flexibility index (Phi) is 4.57. The number of nitrogens with one attached hydrogen (secondary N) is 1. The SMILES string of the molecule is CNCC(c1ccccc1)N(C)CC1CCC1. The molecule has 0 amide bonds. The van der Waals surface area contributed by atoms with E-state index in [1.165, 1.54) is 31.4 Å². The molecule has 0 spiro atoms. The molecule has 17 heavy (non-hydrogen) atoms. The van der Waals surface area contributed by atoms with Gasteiger partial charge < -0.3 is 5.32 Å². The van der Waals surface area contributed by atoms with E-state index in [2.05, 4.69) is 47.6 Å². The zero-order valence-electron chi connectivity index (χ0n) is 11.0. The van der Waals surface area contributed by atoms with Gasteiger partial charge in [-0.25, -0.2) is 0 Å². The summed E-state index contributed by atoms with van der Waals surface area (Å²) >= 11 is 0. The molecule has 2 rings (SSSR count). The minimum Gasteiger partial charge on any atom is -0.318 e. The minimum atomic E-state index is 0.502. The second-order valence-electron chi connectivity index (χ2n) is 5.22. The van der Waals surface area contributed by atoms with E-state index in [-0.39, 0.29) is 0 Å². The molecule has 0 radical (unpaired) electrons. The van der Waals surface area contributed by atoms with Crippen molar-refractivity contribution < 1.29 is 0 Å². The van der Waals surface area contributed by atoms with E-state index in [1.807, 2.05) is 7.05 Å². The molecule has 94 valence electrons. The second-order valence-corrected chi connectivity index (χ2v) is 5.22. The monoisotopic (exact) mass is 232 g/mol. The van der Waals surface area contributed by atoms with Crippen molar-refractivity contribution >= 4 is 0 Å². The van der Waals surface area contributed by atoms with Crippen LogP contribution in [0.4, 0.5) is 0 Å². The zero-order valence-corrected chi connectivity index (χ0v) is 11.0. The van der Waals surface area contributed by atoms with Gasteiger partial charge in [0.2, 0.25) is 0 Å². The van der Waals surface area contributed by atoms with Gasteiger partial charge in [0.05, 0.1) is 0 Å². The third-order valence-corrected chi connectivity index (χ3v) is 3.88. The Labute approximate surface area is 105 Å². The van der Waals surface area contributed by atoms with Crippen molar-refractivity contribution in [3.8, 4) is 0 Å². The second kappa shape index (κ2) is 6.18. The first-order valence-electron chi connectivity index (χ1n) is 6.71. The van der Waals surface area contributed by atoms with Crippen molar-refractivity contribution in [1.29, 1.82) is 0 Å². The van der Waals surface area contributed by atoms with E-state index < -0.39 is 0 Å². The summed E-state index contributed by atoms with van der Waals surface area (Å²) in [7, 11) is 4.29. The Morgan fingerprint density at radius 1 is 1.29 bits per heavy atom. The average Bonchev–Trinajstić information content (AvgIpc) is 2.31. The predicted octanol–water partition coefficient (Wildman–Crippen LogP) is 2.68. The lowest BCUT2D eigenvalue weighted by Gasteiger charge is -2.35. The van der Waals surface area contributed by atoms with Gasteiger partial charge in [0.15, 0.2) is 0 Å². The Morgan fingerprint density at radius 2 is 2.00 bits per heavy atom. The molecule has 0 saturated heterocycles. The van der Waals surface area contributed by atoms with Crippen LogP contribution in [0.25, 0.3) is 0 Å². The third kappa shape index (κ3) is 3.30. The molecule has 2 heteroatoms. The van der Waals surface area contributed by atoms with Crippen LogP contribution in [0.2, 0.25) is 0 Å². The summed E-state index contributed by atoms with van der Waals surface area (Å²) in [5.74, 6) is 0.933. The van der Waals surface area contributed by atoms with Gasteiger partial charge in [-0.15, -0.1) is 0 Å². The lowest BCUT2D eigenvalue weighted by Crippen LogP contribution is -2.36. The van der Waals surface area contributed by atoms with Gasteiger partial charge in [0.25, 0.3) is 0 Å². The lowest BCUT2D eigenvalue weighted by atomic mass is 9.85. The third-order valence-electron chi connectivity index (χ3n) is 3.88. The summed E-state index contributed by atoms with van der Waals surface area (Å²) in [6.45, 7) is 2.26. The minimum absolute atomic E-state index is 0.502. The number of hydrogen-bond donors (Lipinski definition) is 1. The van der Waals surface area contributed by atoms with Crippen LogP contribution < -0.4 is 5.32 Å². The standard InChI is InChI=1S/C15H24N2/c1-16-11-15(14-9-4-3-5-10-14)17(2)12-13-7-6-8-13/h3-5,9-10,13,15-16H,6-8,11-12H2,1-2H3. The quantitative estimate of drug-likeness (QED) is 0.811. The van der Waals surface area contributed by atoms with Gasteiger partial charge in [0.1, 0.15) is 0 Å². The van der Waals surface area contributed by atoms with Crippen molar-refractivity contribution in [2.75, 3.05) is 27.2 Å². The molecule has 1 aliphatic rings. The van der Waals surface area contributed by atoms with E-state index in [9.17, 15) is 0 Å². The fourth-order valence-electron chi connectivity index (χ4n) is 2.61. The molecule has 1 fully saturated rings. The number of benzene rings is 1. The van der Waals surface area contributed by atoms with Gasteiger partial charge in [-0.3, -0.25) is 4.90 Å². The maximum Gasteiger partial charge on any atom is 0.0469 e. The highest BCUT2D eigenvalue weighted by molar-refractivity contribution is 5.19. The van der Waals surface area contributed by atoms with Crippen LogP contribution in [-0.2, 0) is 0 Å². The predicted molar refractivity (Wildman–Crippen MR) is 73.1 cm³/mol. The van der Waals surface area contributed by atoms with Crippen molar-refractivity contribution in [1.82, 2.24) is 10.2 Å². The molecular formula is C15H24N2. The molecule has 1 unspecified atom stereocenters. The van der Waals surface area contributed by atoms with Crippen molar-refractivity contribution in [3.05, 3.63) is 35.9 Å². The van der Waals surface area contributed by atoms with Crippen LogP contribution in [-0.4, -0.2) is 32.1 Å². The molecule has 0 aliphatic heterocycles.